The van der Waals surface area contributed by atoms with Gasteiger partial charge in [-0.05, 0) is 24.1 Å². The number of benzene rings is 2. The van der Waals surface area contributed by atoms with E-state index in [2.05, 4.69) is 27.9 Å². The molecular formula is C20H22F2N4O. The maximum absolute atomic E-state index is 13.9. The molecular weight excluding hydrogens is 350 g/mol. The second kappa shape index (κ2) is 7.72. The molecule has 4 rings (SSSR count). The largest absolute Gasteiger partial charge is 0.336 e. The van der Waals surface area contributed by atoms with E-state index < -0.39 is 11.6 Å². The number of hydrogen-bond acceptors (Lipinski definition) is 4. The Labute approximate surface area is 156 Å². The molecule has 2 N–H and O–H groups in total. The summed E-state index contributed by atoms with van der Waals surface area (Å²) in [6.07, 6.45) is 1.12. The Morgan fingerprint density at radius 2 is 1.70 bits per heavy atom. The molecule has 0 aliphatic carbocycles. The number of carbonyl (C=O) groups is 1. The Bertz CT molecular complexity index is 809. The van der Waals surface area contributed by atoms with Gasteiger partial charge < -0.3 is 4.90 Å². The number of hydrazine groups is 1. The zero-order valence-electron chi connectivity index (χ0n) is 14.9. The molecule has 2 heterocycles. The monoisotopic (exact) mass is 372 g/mol. The highest BCUT2D eigenvalue weighted by Gasteiger charge is 2.32. The molecule has 2 aromatic rings. The van der Waals surface area contributed by atoms with Crippen LogP contribution in [0.15, 0.2) is 48.5 Å². The topological polar surface area (TPSA) is 47.6 Å². The number of amides is 1. The molecule has 2 saturated heterocycles. The summed E-state index contributed by atoms with van der Waals surface area (Å²) in [5.74, 6) is -1.87. The fourth-order valence-corrected chi connectivity index (χ4v) is 3.75. The van der Waals surface area contributed by atoms with Gasteiger partial charge in [0.1, 0.15) is 11.6 Å². The minimum Gasteiger partial charge on any atom is -0.336 e. The van der Waals surface area contributed by atoms with Crippen LogP contribution in [0.5, 0.6) is 0 Å². The van der Waals surface area contributed by atoms with E-state index in [4.69, 9.17) is 0 Å². The van der Waals surface area contributed by atoms with Crippen molar-refractivity contribution in [1.29, 1.82) is 0 Å². The average molecular weight is 372 g/mol. The summed E-state index contributed by atoms with van der Waals surface area (Å²) in [5, 5.41) is 0. The summed E-state index contributed by atoms with van der Waals surface area (Å²) in [6.45, 7) is 2.44. The second-order valence-electron chi connectivity index (χ2n) is 6.96. The third-order valence-corrected chi connectivity index (χ3v) is 5.29. The van der Waals surface area contributed by atoms with Gasteiger partial charge in [-0.15, -0.1) is 0 Å². The molecule has 2 aromatic carbocycles. The minimum atomic E-state index is -0.810. The van der Waals surface area contributed by atoms with Crippen LogP contribution in [0.25, 0.3) is 0 Å². The van der Waals surface area contributed by atoms with Crippen LogP contribution in [0.3, 0.4) is 0 Å². The zero-order chi connectivity index (χ0) is 18.8. The van der Waals surface area contributed by atoms with Crippen molar-refractivity contribution in [3.8, 4) is 0 Å². The molecule has 0 spiro atoms. The summed E-state index contributed by atoms with van der Waals surface area (Å²) in [6, 6.07) is 13.6. The van der Waals surface area contributed by atoms with Crippen LogP contribution >= 0.6 is 0 Å². The molecule has 142 valence electrons. The third kappa shape index (κ3) is 3.85. The lowest BCUT2D eigenvalue weighted by Gasteiger charge is -2.37. The fraction of sp³-hybridized carbons (Fsp3) is 0.350. The minimum absolute atomic E-state index is 0.0744. The van der Waals surface area contributed by atoms with Gasteiger partial charge in [0.05, 0.1) is 11.7 Å². The van der Waals surface area contributed by atoms with Crippen molar-refractivity contribution >= 4 is 5.91 Å². The lowest BCUT2D eigenvalue weighted by molar-refractivity contribution is 0.0540. The highest BCUT2D eigenvalue weighted by atomic mass is 19.1. The molecule has 0 saturated carbocycles. The molecule has 0 radical (unpaired) electrons. The van der Waals surface area contributed by atoms with Crippen molar-refractivity contribution < 1.29 is 13.6 Å². The smallest absolute Gasteiger partial charge is 0.256 e. The molecule has 2 unspecified atom stereocenters. The molecule has 27 heavy (non-hydrogen) atoms. The SMILES string of the molecule is O=C(c1ccc(F)cc1F)N1CCN(C2CC(c3ccccc3)NN2)CC1. The number of halogens is 2. The van der Waals surface area contributed by atoms with E-state index in [-0.39, 0.29) is 23.7 Å². The second-order valence-corrected chi connectivity index (χ2v) is 6.96. The van der Waals surface area contributed by atoms with Crippen LogP contribution in [0.1, 0.15) is 28.4 Å². The predicted molar refractivity (Wildman–Crippen MR) is 97.7 cm³/mol. The molecule has 2 fully saturated rings. The number of rotatable bonds is 3. The lowest BCUT2D eigenvalue weighted by Crippen LogP contribution is -2.55. The average Bonchev–Trinajstić information content (AvgIpc) is 3.19. The van der Waals surface area contributed by atoms with Crippen molar-refractivity contribution in [2.75, 3.05) is 26.2 Å². The first kappa shape index (κ1) is 18.0. The van der Waals surface area contributed by atoms with Gasteiger partial charge in [-0.25, -0.2) is 19.6 Å². The van der Waals surface area contributed by atoms with Crippen LogP contribution in [0.4, 0.5) is 8.78 Å². The van der Waals surface area contributed by atoms with Gasteiger partial charge in [0.2, 0.25) is 0 Å². The Morgan fingerprint density at radius 3 is 2.41 bits per heavy atom. The number of carbonyl (C=O) groups excluding carboxylic acids is 1. The normalized spacial score (nSPS) is 23.6. The van der Waals surface area contributed by atoms with E-state index in [9.17, 15) is 13.6 Å². The molecule has 2 atom stereocenters. The molecule has 0 bridgehead atoms. The van der Waals surface area contributed by atoms with Gasteiger partial charge in [0.25, 0.3) is 5.91 Å². The first-order valence-corrected chi connectivity index (χ1v) is 9.16. The summed E-state index contributed by atoms with van der Waals surface area (Å²) in [4.78, 5) is 16.4. The quantitative estimate of drug-likeness (QED) is 0.868. The van der Waals surface area contributed by atoms with Crippen LogP contribution in [-0.4, -0.2) is 48.1 Å². The van der Waals surface area contributed by atoms with Crippen molar-refractivity contribution in [3.05, 3.63) is 71.3 Å². The highest BCUT2D eigenvalue weighted by Crippen LogP contribution is 2.24. The zero-order valence-corrected chi connectivity index (χ0v) is 14.9. The van der Waals surface area contributed by atoms with E-state index in [1.807, 2.05) is 18.2 Å². The summed E-state index contributed by atoms with van der Waals surface area (Å²) in [5.41, 5.74) is 7.84. The van der Waals surface area contributed by atoms with Crippen LogP contribution in [0.2, 0.25) is 0 Å². The van der Waals surface area contributed by atoms with Gasteiger partial charge in [-0.3, -0.25) is 9.69 Å². The van der Waals surface area contributed by atoms with Gasteiger partial charge in [-0.1, -0.05) is 30.3 Å². The standard InChI is InChI=1S/C20H22F2N4O/c21-15-6-7-16(17(22)12-15)20(27)26-10-8-25(9-11-26)19-13-18(23-24-19)14-4-2-1-3-5-14/h1-7,12,18-19,23-24H,8-11,13H2. The van der Waals surface area contributed by atoms with Crippen LogP contribution in [-0.2, 0) is 0 Å². The van der Waals surface area contributed by atoms with E-state index in [1.165, 1.54) is 11.6 Å². The Balaban J connectivity index is 1.33. The summed E-state index contributed by atoms with van der Waals surface area (Å²) in [7, 11) is 0. The number of nitrogens with one attached hydrogen (secondary N) is 2. The lowest BCUT2D eigenvalue weighted by atomic mass is 10.0. The van der Waals surface area contributed by atoms with Gasteiger partial charge in [-0.2, -0.15) is 0 Å². The van der Waals surface area contributed by atoms with Gasteiger partial charge in [0, 0.05) is 38.3 Å². The molecule has 2 aliphatic heterocycles. The van der Waals surface area contributed by atoms with Crippen molar-refractivity contribution in [2.24, 2.45) is 0 Å². The summed E-state index contributed by atoms with van der Waals surface area (Å²) < 4.78 is 26.9. The summed E-state index contributed by atoms with van der Waals surface area (Å²) >= 11 is 0. The van der Waals surface area contributed by atoms with E-state index >= 15 is 0 Å². The number of piperazine rings is 1. The van der Waals surface area contributed by atoms with Crippen molar-refractivity contribution in [1.82, 2.24) is 20.7 Å². The molecule has 5 nitrogen and oxygen atoms in total. The Morgan fingerprint density at radius 1 is 0.963 bits per heavy atom. The first-order valence-electron chi connectivity index (χ1n) is 9.16. The molecule has 1 amide bonds. The fourth-order valence-electron chi connectivity index (χ4n) is 3.75. The van der Waals surface area contributed by atoms with E-state index in [0.29, 0.717) is 26.2 Å². The maximum Gasteiger partial charge on any atom is 0.256 e. The van der Waals surface area contributed by atoms with Crippen LogP contribution in [0, 0.1) is 11.6 Å². The Hall–Kier alpha value is -2.35. The molecule has 2 aliphatic rings. The highest BCUT2D eigenvalue weighted by molar-refractivity contribution is 5.94. The molecule has 7 heteroatoms. The van der Waals surface area contributed by atoms with Crippen molar-refractivity contribution in [2.45, 2.75) is 18.6 Å². The third-order valence-electron chi connectivity index (χ3n) is 5.29. The van der Waals surface area contributed by atoms with Crippen LogP contribution < -0.4 is 10.9 Å². The first-order chi connectivity index (χ1) is 13.1. The van der Waals surface area contributed by atoms with Crippen molar-refractivity contribution in [3.63, 3.8) is 0 Å². The molecule has 0 aromatic heterocycles. The van der Waals surface area contributed by atoms with E-state index in [1.54, 1.807) is 4.90 Å². The van der Waals surface area contributed by atoms with Gasteiger partial charge in [0.15, 0.2) is 0 Å². The number of nitrogens with zero attached hydrogens (tertiary/aromatic N) is 2. The Kier molecular flexibility index (Phi) is 5.15. The maximum atomic E-state index is 13.9. The predicted octanol–water partition coefficient (Wildman–Crippen LogP) is 2.29. The van der Waals surface area contributed by atoms with Gasteiger partial charge >= 0.3 is 0 Å². The number of hydrogen-bond donors (Lipinski definition) is 2. The van der Waals surface area contributed by atoms with E-state index in [0.717, 1.165) is 18.6 Å².